The molecule has 0 saturated carbocycles. The first-order chi connectivity index (χ1) is 13.0. The molecule has 3 rings (SSSR count). The molecule has 27 heavy (non-hydrogen) atoms. The molecule has 2 heterocycles. The average Bonchev–Trinajstić information content (AvgIpc) is 2.94. The highest BCUT2D eigenvalue weighted by Crippen LogP contribution is 2.47. The van der Waals surface area contributed by atoms with Crippen molar-refractivity contribution >= 4 is 35.6 Å². The number of hydrogen-bond donors (Lipinski definition) is 3. The fraction of sp³-hybridized carbons (Fsp3) is 0.333. The van der Waals surface area contributed by atoms with Gasteiger partial charge in [-0.1, -0.05) is 18.2 Å². The van der Waals surface area contributed by atoms with E-state index < -0.39 is 17.9 Å². The van der Waals surface area contributed by atoms with Crippen molar-refractivity contribution in [1.82, 2.24) is 15.5 Å². The Bertz CT molecular complexity index is 808. The molecular weight excluding hydrogens is 370 g/mol. The predicted octanol–water partition coefficient (Wildman–Crippen LogP) is 1.90. The average molecular weight is 389 g/mol. The van der Waals surface area contributed by atoms with Crippen molar-refractivity contribution in [2.75, 3.05) is 6.54 Å². The molecule has 0 aliphatic carbocycles. The van der Waals surface area contributed by atoms with Crippen LogP contribution in [0.1, 0.15) is 36.0 Å². The van der Waals surface area contributed by atoms with Crippen LogP contribution in [0, 0.1) is 0 Å². The summed E-state index contributed by atoms with van der Waals surface area (Å²) in [5.41, 5.74) is 0.499. The van der Waals surface area contributed by atoms with Gasteiger partial charge in [0, 0.05) is 17.0 Å². The van der Waals surface area contributed by atoms with Gasteiger partial charge in [0.05, 0.1) is 11.8 Å². The maximum atomic E-state index is 11.8. The molecule has 0 unspecified atom stereocenters. The Labute approximate surface area is 160 Å². The van der Waals surface area contributed by atoms with Gasteiger partial charge >= 0.3 is 12.0 Å². The number of carbonyl (C=O) groups excluding carboxylic acids is 3. The molecule has 9 heteroatoms. The number of rotatable bonds is 7. The van der Waals surface area contributed by atoms with Crippen LogP contribution in [-0.4, -0.2) is 45.7 Å². The lowest BCUT2D eigenvalue weighted by Crippen LogP contribution is -2.48. The standard InChI is InChI=1S/C18H19N3O5S/c22-13-10-14-21(13)15(17(24)25)12(27-14)8-4-5-9-19-18(26)20-16(23)11-6-2-1-3-7-11/h1-3,6-7,14H,4-5,8-10H2,(H,24,25)(H2,19,20,23,26)/t14-/m1/s1. The molecule has 1 atom stereocenters. The third-order valence-electron chi connectivity index (χ3n) is 4.27. The SMILES string of the molecule is O=C(NCCCCC1=C(C(=O)O)N2C(=O)C[C@H]2S1)NC(=O)c1ccccc1. The second kappa shape index (κ2) is 8.26. The number of aliphatic carboxylic acids is 1. The highest BCUT2D eigenvalue weighted by atomic mass is 32.2. The largest absolute Gasteiger partial charge is 0.477 e. The Morgan fingerprint density at radius 1 is 1.19 bits per heavy atom. The molecule has 1 saturated heterocycles. The number of carboxylic acid groups (broad SMARTS) is 1. The number of carbonyl (C=O) groups is 4. The van der Waals surface area contributed by atoms with Crippen molar-refractivity contribution in [2.24, 2.45) is 0 Å². The second-order valence-electron chi connectivity index (χ2n) is 6.15. The number of fused-ring (bicyclic) bond motifs is 1. The number of thioether (sulfide) groups is 1. The van der Waals surface area contributed by atoms with Crippen LogP contribution in [0.5, 0.6) is 0 Å². The molecule has 2 aliphatic rings. The van der Waals surface area contributed by atoms with Crippen LogP contribution in [0.4, 0.5) is 4.79 Å². The number of imide groups is 1. The van der Waals surface area contributed by atoms with E-state index in [0.29, 0.717) is 42.7 Å². The Morgan fingerprint density at radius 2 is 1.93 bits per heavy atom. The van der Waals surface area contributed by atoms with Crippen LogP contribution in [0.25, 0.3) is 0 Å². The molecule has 0 spiro atoms. The number of carboxylic acids is 1. The van der Waals surface area contributed by atoms with Gasteiger partial charge in [-0.25, -0.2) is 9.59 Å². The van der Waals surface area contributed by atoms with E-state index in [2.05, 4.69) is 10.6 Å². The molecule has 0 aromatic heterocycles. The first kappa shape index (κ1) is 19.0. The lowest BCUT2D eigenvalue weighted by Gasteiger charge is -2.33. The Balaban J connectivity index is 1.38. The normalized spacial score (nSPS) is 18.0. The Hall–Kier alpha value is -2.81. The number of hydrogen-bond acceptors (Lipinski definition) is 5. The highest BCUT2D eigenvalue weighted by molar-refractivity contribution is 8.04. The molecule has 1 aromatic carbocycles. The quantitative estimate of drug-likeness (QED) is 0.485. The minimum absolute atomic E-state index is 0.0773. The number of unbranched alkanes of at least 4 members (excludes halogenated alkanes) is 1. The van der Waals surface area contributed by atoms with E-state index >= 15 is 0 Å². The van der Waals surface area contributed by atoms with Crippen molar-refractivity contribution in [3.63, 3.8) is 0 Å². The van der Waals surface area contributed by atoms with Crippen LogP contribution in [0.3, 0.4) is 0 Å². The van der Waals surface area contributed by atoms with Crippen LogP contribution in [0.2, 0.25) is 0 Å². The summed E-state index contributed by atoms with van der Waals surface area (Å²) >= 11 is 1.43. The Morgan fingerprint density at radius 3 is 2.59 bits per heavy atom. The molecule has 1 fully saturated rings. The summed E-state index contributed by atoms with van der Waals surface area (Å²) in [4.78, 5) is 48.6. The van der Waals surface area contributed by atoms with Gasteiger partial charge in [0.15, 0.2) is 0 Å². The second-order valence-corrected chi connectivity index (χ2v) is 7.42. The monoisotopic (exact) mass is 389 g/mol. The van der Waals surface area contributed by atoms with Crippen LogP contribution < -0.4 is 10.6 Å². The van der Waals surface area contributed by atoms with Gasteiger partial charge in [-0.3, -0.25) is 19.8 Å². The summed E-state index contributed by atoms with van der Waals surface area (Å²) in [6.45, 7) is 0.361. The molecule has 8 nitrogen and oxygen atoms in total. The van der Waals surface area contributed by atoms with E-state index in [-0.39, 0.29) is 17.0 Å². The van der Waals surface area contributed by atoms with E-state index in [1.807, 2.05) is 0 Å². The smallest absolute Gasteiger partial charge is 0.353 e. The zero-order chi connectivity index (χ0) is 19.4. The van der Waals surface area contributed by atoms with Crippen molar-refractivity contribution in [2.45, 2.75) is 31.1 Å². The molecule has 3 N–H and O–H groups in total. The van der Waals surface area contributed by atoms with Gasteiger partial charge < -0.3 is 10.4 Å². The molecule has 0 radical (unpaired) electrons. The number of benzene rings is 1. The molecule has 1 aromatic rings. The van der Waals surface area contributed by atoms with E-state index in [1.54, 1.807) is 30.3 Å². The molecule has 2 aliphatic heterocycles. The van der Waals surface area contributed by atoms with E-state index in [9.17, 15) is 24.3 Å². The number of nitrogens with one attached hydrogen (secondary N) is 2. The summed E-state index contributed by atoms with van der Waals surface area (Å²) in [7, 11) is 0. The summed E-state index contributed by atoms with van der Waals surface area (Å²) < 4.78 is 0. The Kier molecular flexibility index (Phi) is 5.80. The topological polar surface area (TPSA) is 116 Å². The number of nitrogens with zero attached hydrogens (tertiary/aromatic N) is 1. The zero-order valence-electron chi connectivity index (χ0n) is 14.4. The zero-order valence-corrected chi connectivity index (χ0v) is 15.3. The predicted molar refractivity (Wildman–Crippen MR) is 98.7 cm³/mol. The maximum Gasteiger partial charge on any atom is 0.353 e. The van der Waals surface area contributed by atoms with Gasteiger partial charge in [-0.2, -0.15) is 0 Å². The third kappa shape index (κ3) is 4.30. The van der Waals surface area contributed by atoms with E-state index in [4.69, 9.17) is 0 Å². The number of amides is 4. The van der Waals surface area contributed by atoms with Crippen molar-refractivity contribution in [1.29, 1.82) is 0 Å². The number of allylic oxidation sites excluding steroid dienone is 1. The molecule has 4 amide bonds. The maximum absolute atomic E-state index is 11.8. The van der Waals surface area contributed by atoms with E-state index in [1.165, 1.54) is 16.7 Å². The third-order valence-corrected chi connectivity index (χ3v) is 5.60. The summed E-state index contributed by atoms with van der Waals surface area (Å²) in [6, 6.07) is 7.87. The van der Waals surface area contributed by atoms with Gasteiger partial charge in [0.1, 0.15) is 5.70 Å². The fourth-order valence-corrected chi connectivity index (χ4v) is 4.37. The summed E-state index contributed by atoms with van der Waals surface area (Å²) in [5, 5.41) is 14.1. The first-order valence-electron chi connectivity index (χ1n) is 8.56. The minimum Gasteiger partial charge on any atom is -0.477 e. The van der Waals surface area contributed by atoms with Gasteiger partial charge in [0.2, 0.25) is 5.91 Å². The van der Waals surface area contributed by atoms with Crippen LogP contribution >= 0.6 is 11.8 Å². The number of urea groups is 1. The lowest BCUT2D eigenvalue weighted by atomic mass is 10.1. The lowest BCUT2D eigenvalue weighted by molar-refractivity contribution is -0.145. The first-order valence-corrected chi connectivity index (χ1v) is 9.44. The van der Waals surface area contributed by atoms with Crippen molar-refractivity contribution in [3.8, 4) is 0 Å². The number of β-lactam (4-membered cyclic amide) rings is 1. The fourth-order valence-electron chi connectivity index (χ4n) is 2.93. The van der Waals surface area contributed by atoms with Crippen molar-refractivity contribution in [3.05, 3.63) is 46.5 Å². The highest BCUT2D eigenvalue weighted by Gasteiger charge is 2.47. The molecule has 142 valence electrons. The minimum atomic E-state index is -1.08. The summed E-state index contributed by atoms with van der Waals surface area (Å²) in [5.74, 6) is -1.70. The van der Waals surface area contributed by atoms with Gasteiger partial charge in [-0.05, 0) is 31.4 Å². The summed E-state index contributed by atoms with van der Waals surface area (Å²) in [6.07, 6.45) is 2.21. The van der Waals surface area contributed by atoms with E-state index in [0.717, 1.165) is 0 Å². The van der Waals surface area contributed by atoms with Crippen LogP contribution in [-0.2, 0) is 9.59 Å². The molecular formula is C18H19N3O5S. The van der Waals surface area contributed by atoms with Gasteiger partial charge in [0.25, 0.3) is 5.91 Å². The van der Waals surface area contributed by atoms with Crippen molar-refractivity contribution < 1.29 is 24.3 Å². The molecule has 0 bridgehead atoms. The van der Waals surface area contributed by atoms with Gasteiger partial charge in [-0.15, -0.1) is 11.8 Å². The van der Waals surface area contributed by atoms with Crippen LogP contribution in [0.15, 0.2) is 40.9 Å².